The molecule has 2 N–H and O–H groups in total. The van der Waals surface area contributed by atoms with Crippen molar-refractivity contribution in [1.82, 2.24) is 15.2 Å². The van der Waals surface area contributed by atoms with Gasteiger partial charge in [0.15, 0.2) is 5.96 Å². The largest absolute Gasteiger partial charge is 0.417 e. The minimum atomic E-state index is -4.37. The molecule has 32 heavy (non-hydrogen) atoms. The van der Waals surface area contributed by atoms with E-state index in [9.17, 15) is 13.2 Å². The summed E-state index contributed by atoms with van der Waals surface area (Å²) in [5.41, 5.74) is 0.433. The third-order valence-corrected chi connectivity index (χ3v) is 5.30. The van der Waals surface area contributed by atoms with Gasteiger partial charge in [0.2, 0.25) is 0 Å². The van der Waals surface area contributed by atoms with E-state index in [1.54, 1.807) is 7.05 Å². The van der Waals surface area contributed by atoms with Crippen LogP contribution in [0.15, 0.2) is 53.7 Å². The molecule has 1 fully saturated rings. The van der Waals surface area contributed by atoms with Crippen LogP contribution in [0.25, 0.3) is 0 Å². The zero-order valence-corrected chi connectivity index (χ0v) is 18.2. The molecule has 9 heteroatoms. The van der Waals surface area contributed by atoms with Gasteiger partial charge < -0.3 is 20.3 Å². The molecule has 174 valence electrons. The highest BCUT2D eigenvalue weighted by atomic mass is 19.4. The maximum atomic E-state index is 12.6. The maximum absolute atomic E-state index is 12.6. The fourth-order valence-corrected chi connectivity index (χ4v) is 3.58. The van der Waals surface area contributed by atoms with Crippen LogP contribution in [0, 0.1) is 5.92 Å². The number of nitrogens with zero attached hydrogens (tertiary/aromatic N) is 3. The van der Waals surface area contributed by atoms with Crippen molar-refractivity contribution in [2.75, 3.05) is 45.2 Å². The second kappa shape index (κ2) is 11.7. The highest BCUT2D eigenvalue weighted by Crippen LogP contribution is 2.28. The summed E-state index contributed by atoms with van der Waals surface area (Å²) in [6.45, 7) is 4.50. The van der Waals surface area contributed by atoms with E-state index in [4.69, 9.17) is 4.74 Å². The maximum Gasteiger partial charge on any atom is 0.417 e. The van der Waals surface area contributed by atoms with Crippen LogP contribution in [0.3, 0.4) is 0 Å². The summed E-state index contributed by atoms with van der Waals surface area (Å²) >= 11 is 0. The summed E-state index contributed by atoms with van der Waals surface area (Å²) in [5.74, 6) is 1.77. The minimum absolute atomic E-state index is 0.431. The van der Waals surface area contributed by atoms with Crippen LogP contribution in [-0.4, -0.2) is 55.7 Å². The molecular formula is C23H30F3N5O. The van der Waals surface area contributed by atoms with E-state index < -0.39 is 11.7 Å². The molecule has 2 aromatic rings. The Morgan fingerprint density at radius 2 is 2.00 bits per heavy atom. The zero-order chi connectivity index (χ0) is 22.8. The van der Waals surface area contributed by atoms with Crippen LogP contribution < -0.4 is 10.6 Å². The van der Waals surface area contributed by atoms with E-state index in [0.29, 0.717) is 31.4 Å². The predicted octanol–water partition coefficient (Wildman–Crippen LogP) is 4.02. The standard InChI is InChI=1S/C23H30F3N5O/c1-27-22(29-12-5-11-28-21-9-8-20(14-30-21)23(24,25)26)31-13-10-19(15-31)17-32-16-18-6-3-2-4-7-18/h2-4,6-9,14,19H,5,10-13,15-17H2,1H3,(H,27,29)(H,28,30). The monoisotopic (exact) mass is 449 g/mol. The van der Waals surface area contributed by atoms with E-state index in [0.717, 1.165) is 50.8 Å². The smallest absolute Gasteiger partial charge is 0.376 e. The van der Waals surface area contributed by atoms with Crippen molar-refractivity contribution in [3.8, 4) is 0 Å². The fourth-order valence-electron chi connectivity index (χ4n) is 3.58. The predicted molar refractivity (Wildman–Crippen MR) is 119 cm³/mol. The average Bonchev–Trinajstić information content (AvgIpc) is 3.25. The van der Waals surface area contributed by atoms with E-state index in [2.05, 4.69) is 37.6 Å². The Balaban J connectivity index is 1.31. The second-order valence-corrected chi connectivity index (χ2v) is 7.79. The summed E-state index contributed by atoms with van der Waals surface area (Å²) < 4.78 is 43.6. The number of ether oxygens (including phenoxy) is 1. The van der Waals surface area contributed by atoms with Gasteiger partial charge in [0.1, 0.15) is 5.82 Å². The number of hydrogen-bond donors (Lipinski definition) is 2. The van der Waals surface area contributed by atoms with Gasteiger partial charge in [-0.2, -0.15) is 13.2 Å². The number of aliphatic imine (C=N–C) groups is 1. The molecule has 1 aromatic heterocycles. The number of alkyl halides is 3. The Labute approximate surface area is 186 Å². The lowest BCUT2D eigenvalue weighted by Gasteiger charge is -2.22. The zero-order valence-electron chi connectivity index (χ0n) is 18.2. The van der Waals surface area contributed by atoms with Crippen molar-refractivity contribution in [1.29, 1.82) is 0 Å². The molecule has 1 aromatic carbocycles. The first-order chi connectivity index (χ1) is 15.5. The first kappa shape index (κ1) is 23.8. The van der Waals surface area contributed by atoms with Crippen LogP contribution in [0.2, 0.25) is 0 Å². The van der Waals surface area contributed by atoms with Crippen molar-refractivity contribution in [2.24, 2.45) is 10.9 Å². The lowest BCUT2D eigenvalue weighted by atomic mass is 10.1. The number of benzene rings is 1. The lowest BCUT2D eigenvalue weighted by molar-refractivity contribution is -0.137. The van der Waals surface area contributed by atoms with Gasteiger partial charge in [0.25, 0.3) is 0 Å². The van der Waals surface area contributed by atoms with Crippen molar-refractivity contribution >= 4 is 11.8 Å². The number of rotatable bonds is 9. The molecule has 1 aliphatic heterocycles. The molecular weight excluding hydrogens is 419 g/mol. The minimum Gasteiger partial charge on any atom is -0.376 e. The van der Waals surface area contributed by atoms with E-state index in [1.807, 2.05) is 18.2 Å². The summed E-state index contributed by atoms with van der Waals surface area (Å²) in [5, 5.41) is 6.39. The van der Waals surface area contributed by atoms with Crippen LogP contribution >= 0.6 is 0 Å². The molecule has 1 atom stereocenters. The van der Waals surface area contributed by atoms with Crippen molar-refractivity contribution in [3.63, 3.8) is 0 Å². The highest BCUT2D eigenvalue weighted by Gasteiger charge is 2.30. The van der Waals surface area contributed by atoms with Gasteiger partial charge in [0.05, 0.1) is 18.8 Å². The van der Waals surface area contributed by atoms with Gasteiger partial charge in [-0.3, -0.25) is 4.99 Å². The second-order valence-electron chi connectivity index (χ2n) is 7.79. The first-order valence-corrected chi connectivity index (χ1v) is 10.8. The van der Waals surface area contributed by atoms with E-state index >= 15 is 0 Å². The summed E-state index contributed by atoms with van der Waals surface area (Å²) in [4.78, 5) is 10.4. The third-order valence-electron chi connectivity index (χ3n) is 5.30. The quantitative estimate of drug-likeness (QED) is 0.344. The first-order valence-electron chi connectivity index (χ1n) is 10.8. The molecule has 1 unspecified atom stereocenters. The van der Waals surface area contributed by atoms with E-state index in [-0.39, 0.29) is 0 Å². The number of anilines is 1. The Morgan fingerprint density at radius 1 is 1.19 bits per heavy atom. The number of guanidine groups is 1. The Hall–Kier alpha value is -2.81. The summed E-state index contributed by atoms with van der Waals surface area (Å²) in [6, 6.07) is 12.5. The number of hydrogen-bond acceptors (Lipinski definition) is 4. The Kier molecular flexibility index (Phi) is 8.72. The van der Waals surface area contributed by atoms with Crippen LogP contribution in [0.5, 0.6) is 0 Å². The number of halogens is 3. The number of nitrogens with one attached hydrogen (secondary N) is 2. The van der Waals surface area contributed by atoms with Crippen molar-refractivity contribution < 1.29 is 17.9 Å². The summed E-state index contributed by atoms with van der Waals surface area (Å²) in [7, 11) is 1.77. The van der Waals surface area contributed by atoms with Gasteiger partial charge in [0, 0.05) is 45.3 Å². The van der Waals surface area contributed by atoms with Gasteiger partial charge >= 0.3 is 6.18 Å². The van der Waals surface area contributed by atoms with Crippen LogP contribution in [0.1, 0.15) is 24.0 Å². The number of pyridine rings is 1. The van der Waals surface area contributed by atoms with Crippen LogP contribution in [0.4, 0.5) is 19.0 Å². The average molecular weight is 450 g/mol. The lowest BCUT2D eigenvalue weighted by Crippen LogP contribution is -2.41. The van der Waals surface area contributed by atoms with Crippen molar-refractivity contribution in [3.05, 3.63) is 59.8 Å². The topological polar surface area (TPSA) is 61.8 Å². The molecule has 0 saturated carbocycles. The number of aromatic nitrogens is 1. The Morgan fingerprint density at radius 3 is 2.69 bits per heavy atom. The normalized spacial score (nSPS) is 16.9. The van der Waals surface area contributed by atoms with Gasteiger partial charge in [-0.05, 0) is 30.5 Å². The van der Waals surface area contributed by atoms with Crippen molar-refractivity contribution in [2.45, 2.75) is 25.6 Å². The fraction of sp³-hybridized carbons (Fsp3) is 0.478. The molecule has 0 spiro atoms. The summed E-state index contributed by atoms with van der Waals surface area (Å²) in [6.07, 6.45) is -1.68. The molecule has 1 aliphatic rings. The van der Waals surface area contributed by atoms with E-state index in [1.165, 1.54) is 11.6 Å². The molecule has 0 amide bonds. The molecule has 0 bridgehead atoms. The van der Waals surface area contributed by atoms with Gasteiger partial charge in [-0.1, -0.05) is 30.3 Å². The Bertz CT molecular complexity index is 843. The SMILES string of the molecule is CN=C(NCCCNc1ccc(C(F)(F)F)cn1)N1CCC(COCc2ccccc2)C1. The van der Waals surface area contributed by atoms with Gasteiger partial charge in [-0.15, -0.1) is 0 Å². The molecule has 2 heterocycles. The molecule has 1 saturated heterocycles. The molecule has 3 rings (SSSR count). The molecule has 0 aliphatic carbocycles. The third kappa shape index (κ3) is 7.40. The van der Waals surface area contributed by atoms with Gasteiger partial charge in [-0.25, -0.2) is 4.98 Å². The van der Waals surface area contributed by atoms with Crippen LogP contribution in [-0.2, 0) is 17.5 Å². The highest BCUT2D eigenvalue weighted by molar-refractivity contribution is 5.80. The number of likely N-dealkylation sites (tertiary alicyclic amines) is 1. The molecule has 6 nitrogen and oxygen atoms in total. The molecule has 0 radical (unpaired) electrons.